The minimum Gasteiger partial charge on any atom is -0.298 e. The monoisotopic (exact) mass is 248 g/mol. The van der Waals surface area contributed by atoms with Crippen LogP contribution in [0.25, 0.3) is 0 Å². The topological polar surface area (TPSA) is 16.1 Å². The van der Waals surface area contributed by atoms with Gasteiger partial charge < -0.3 is 0 Å². The van der Waals surface area contributed by atoms with Crippen LogP contribution >= 0.6 is 0 Å². The highest BCUT2D eigenvalue weighted by molar-refractivity contribution is 5.18. The molecule has 0 atom stereocenters. The van der Waals surface area contributed by atoms with Crippen molar-refractivity contribution in [3.8, 4) is 0 Å². The smallest absolute Gasteiger partial charge is 0.130 e. The van der Waals surface area contributed by atoms with Crippen molar-refractivity contribution in [2.75, 3.05) is 7.05 Å². The Balaban J connectivity index is 2.01. The summed E-state index contributed by atoms with van der Waals surface area (Å²) in [6, 6.07) is 7.49. The van der Waals surface area contributed by atoms with Crippen LogP contribution in [0.2, 0.25) is 0 Å². The summed E-state index contributed by atoms with van der Waals surface area (Å²) in [6.45, 7) is 1.10. The molecule has 0 bridgehead atoms. The molecular formula is C14H14F2N2. The molecule has 2 aromatic rings. The molecule has 18 heavy (non-hydrogen) atoms. The molecule has 4 heteroatoms. The summed E-state index contributed by atoms with van der Waals surface area (Å²) in [6.07, 6.45) is 3.49. The molecule has 0 aliphatic carbocycles. The van der Waals surface area contributed by atoms with Crippen molar-refractivity contribution in [1.29, 1.82) is 0 Å². The van der Waals surface area contributed by atoms with Crippen LogP contribution in [-0.4, -0.2) is 16.9 Å². The van der Waals surface area contributed by atoms with E-state index < -0.39 is 11.6 Å². The van der Waals surface area contributed by atoms with Crippen molar-refractivity contribution in [3.05, 3.63) is 65.5 Å². The quantitative estimate of drug-likeness (QED) is 0.827. The predicted octanol–water partition coefficient (Wildman–Crippen LogP) is 2.99. The Morgan fingerprint density at radius 1 is 1.17 bits per heavy atom. The van der Waals surface area contributed by atoms with Gasteiger partial charge in [0.1, 0.15) is 11.6 Å². The first-order valence-electron chi connectivity index (χ1n) is 5.66. The summed E-state index contributed by atoms with van der Waals surface area (Å²) in [7, 11) is 1.88. The summed E-state index contributed by atoms with van der Waals surface area (Å²) >= 11 is 0. The first-order chi connectivity index (χ1) is 8.65. The van der Waals surface area contributed by atoms with E-state index in [1.54, 1.807) is 12.4 Å². The third-order valence-corrected chi connectivity index (χ3v) is 2.63. The number of hydrogen-bond donors (Lipinski definition) is 0. The van der Waals surface area contributed by atoms with Gasteiger partial charge >= 0.3 is 0 Å². The number of benzene rings is 1. The van der Waals surface area contributed by atoms with Crippen LogP contribution < -0.4 is 0 Å². The third-order valence-electron chi connectivity index (χ3n) is 2.63. The van der Waals surface area contributed by atoms with Gasteiger partial charge in [-0.05, 0) is 24.7 Å². The van der Waals surface area contributed by atoms with E-state index in [9.17, 15) is 8.78 Å². The molecule has 0 unspecified atom stereocenters. The minimum absolute atomic E-state index is 0.432. The molecule has 0 fully saturated rings. The van der Waals surface area contributed by atoms with E-state index in [2.05, 4.69) is 4.98 Å². The Labute approximate surface area is 105 Å². The maximum Gasteiger partial charge on any atom is 0.130 e. The molecule has 1 heterocycles. The predicted molar refractivity (Wildman–Crippen MR) is 65.8 cm³/mol. The zero-order valence-electron chi connectivity index (χ0n) is 10.1. The maximum atomic E-state index is 13.5. The summed E-state index contributed by atoms with van der Waals surface area (Å²) in [5.41, 5.74) is 1.55. The standard InChI is InChI=1S/C14H14F2N2/c1-18(9-11-3-2-6-17-8-11)10-12-4-5-13(15)7-14(12)16/h2-8H,9-10H2,1H3. The number of hydrogen-bond acceptors (Lipinski definition) is 2. The van der Waals surface area contributed by atoms with Crippen molar-refractivity contribution < 1.29 is 8.78 Å². The van der Waals surface area contributed by atoms with E-state index in [0.29, 0.717) is 18.7 Å². The van der Waals surface area contributed by atoms with E-state index in [4.69, 9.17) is 0 Å². The fourth-order valence-corrected chi connectivity index (χ4v) is 1.80. The van der Waals surface area contributed by atoms with Crippen LogP contribution in [0.4, 0.5) is 8.78 Å². The first-order valence-corrected chi connectivity index (χ1v) is 5.66. The lowest BCUT2D eigenvalue weighted by molar-refractivity contribution is 0.313. The molecule has 0 spiro atoms. The Hall–Kier alpha value is -1.81. The van der Waals surface area contributed by atoms with E-state index in [0.717, 1.165) is 11.6 Å². The van der Waals surface area contributed by atoms with Gasteiger partial charge in [0, 0.05) is 37.1 Å². The molecule has 0 aliphatic rings. The summed E-state index contributed by atoms with van der Waals surface area (Å²) < 4.78 is 26.2. The van der Waals surface area contributed by atoms with Crippen LogP contribution in [0.1, 0.15) is 11.1 Å². The third kappa shape index (κ3) is 3.34. The summed E-state index contributed by atoms with van der Waals surface area (Å²) in [4.78, 5) is 5.98. The highest BCUT2D eigenvalue weighted by Gasteiger charge is 2.07. The van der Waals surface area contributed by atoms with Crippen LogP contribution in [0.15, 0.2) is 42.7 Å². The van der Waals surface area contributed by atoms with Gasteiger partial charge in [0.05, 0.1) is 0 Å². The fraction of sp³-hybridized carbons (Fsp3) is 0.214. The van der Waals surface area contributed by atoms with E-state index >= 15 is 0 Å². The minimum atomic E-state index is -0.550. The van der Waals surface area contributed by atoms with Crippen LogP contribution in [0.3, 0.4) is 0 Å². The molecule has 0 radical (unpaired) electrons. The molecule has 1 aromatic heterocycles. The van der Waals surface area contributed by atoms with Crippen molar-refractivity contribution >= 4 is 0 Å². The molecule has 0 N–H and O–H groups in total. The zero-order chi connectivity index (χ0) is 13.0. The van der Waals surface area contributed by atoms with Crippen LogP contribution in [-0.2, 0) is 13.1 Å². The van der Waals surface area contributed by atoms with Crippen LogP contribution in [0, 0.1) is 11.6 Å². The van der Waals surface area contributed by atoms with Crippen molar-refractivity contribution in [2.24, 2.45) is 0 Å². The molecule has 0 saturated heterocycles. The molecule has 0 amide bonds. The Morgan fingerprint density at radius 2 is 2.00 bits per heavy atom. The molecular weight excluding hydrogens is 234 g/mol. The zero-order valence-corrected chi connectivity index (χ0v) is 10.1. The van der Waals surface area contributed by atoms with Crippen molar-refractivity contribution in [3.63, 3.8) is 0 Å². The van der Waals surface area contributed by atoms with Crippen molar-refractivity contribution in [2.45, 2.75) is 13.1 Å². The van der Waals surface area contributed by atoms with Crippen LogP contribution in [0.5, 0.6) is 0 Å². The largest absolute Gasteiger partial charge is 0.298 e. The van der Waals surface area contributed by atoms with Gasteiger partial charge in [0.2, 0.25) is 0 Å². The van der Waals surface area contributed by atoms with Gasteiger partial charge in [-0.3, -0.25) is 9.88 Å². The number of halogens is 2. The second-order valence-corrected chi connectivity index (χ2v) is 4.27. The molecule has 2 rings (SSSR count). The highest BCUT2D eigenvalue weighted by Crippen LogP contribution is 2.12. The maximum absolute atomic E-state index is 13.5. The molecule has 0 aliphatic heterocycles. The fourth-order valence-electron chi connectivity index (χ4n) is 1.80. The van der Waals surface area contributed by atoms with Gasteiger partial charge in [-0.2, -0.15) is 0 Å². The van der Waals surface area contributed by atoms with Gasteiger partial charge in [-0.15, -0.1) is 0 Å². The SMILES string of the molecule is CN(Cc1cccnc1)Cc1ccc(F)cc1F. The second-order valence-electron chi connectivity index (χ2n) is 4.27. The lowest BCUT2D eigenvalue weighted by Crippen LogP contribution is -2.18. The number of aromatic nitrogens is 1. The highest BCUT2D eigenvalue weighted by atomic mass is 19.1. The first kappa shape index (κ1) is 12.6. The van der Waals surface area contributed by atoms with E-state index in [1.807, 2.05) is 24.1 Å². The van der Waals surface area contributed by atoms with Gasteiger partial charge in [0.25, 0.3) is 0 Å². The average molecular weight is 248 g/mol. The molecule has 1 aromatic carbocycles. The van der Waals surface area contributed by atoms with Gasteiger partial charge in [-0.25, -0.2) is 8.78 Å². The molecule has 0 saturated carbocycles. The Morgan fingerprint density at radius 3 is 2.67 bits per heavy atom. The van der Waals surface area contributed by atoms with Gasteiger partial charge in [-0.1, -0.05) is 12.1 Å². The Bertz CT molecular complexity index is 514. The van der Waals surface area contributed by atoms with E-state index in [-0.39, 0.29) is 0 Å². The number of nitrogens with zero attached hydrogens (tertiary/aromatic N) is 2. The summed E-state index contributed by atoms with van der Waals surface area (Å²) in [5.74, 6) is -1.06. The average Bonchev–Trinajstić information content (AvgIpc) is 2.34. The van der Waals surface area contributed by atoms with Gasteiger partial charge in [0.15, 0.2) is 0 Å². The number of rotatable bonds is 4. The molecule has 94 valence electrons. The Kier molecular flexibility index (Phi) is 3.99. The normalized spacial score (nSPS) is 10.9. The van der Waals surface area contributed by atoms with E-state index in [1.165, 1.54) is 12.1 Å². The lowest BCUT2D eigenvalue weighted by atomic mass is 10.2. The summed E-state index contributed by atoms with van der Waals surface area (Å²) in [5, 5.41) is 0. The van der Waals surface area contributed by atoms with Crippen molar-refractivity contribution in [1.82, 2.24) is 9.88 Å². The second kappa shape index (κ2) is 5.69. The molecule has 2 nitrogen and oxygen atoms in total. The lowest BCUT2D eigenvalue weighted by Gasteiger charge is -2.16. The number of pyridine rings is 1.